The first kappa shape index (κ1) is 24.3. The van der Waals surface area contributed by atoms with Gasteiger partial charge < -0.3 is 15.1 Å². The Morgan fingerprint density at radius 1 is 1.03 bits per heavy atom. The number of amides is 1. The van der Waals surface area contributed by atoms with Crippen LogP contribution in [0.1, 0.15) is 59.6 Å². The predicted molar refractivity (Wildman–Crippen MR) is 136 cm³/mol. The van der Waals surface area contributed by atoms with Crippen molar-refractivity contribution in [3.8, 4) is 0 Å². The highest BCUT2D eigenvalue weighted by Gasteiger charge is 2.53. The number of para-hydroxylation sites is 1. The average molecular weight is 492 g/mol. The van der Waals surface area contributed by atoms with Crippen molar-refractivity contribution in [1.29, 1.82) is 0 Å². The van der Waals surface area contributed by atoms with Crippen molar-refractivity contribution in [2.45, 2.75) is 51.6 Å². The van der Waals surface area contributed by atoms with Crippen LogP contribution in [-0.2, 0) is 16.8 Å². The van der Waals surface area contributed by atoms with Gasteiger partial charge >= 0.3 is 0 Å². The summed E-state index contributed by atoms with van der Waals surface area (Å²) in [5.41, 5.74) is 3.15. The molecule has 0 radical (unpaired) electrons. The van der Waals surface area contributed by atoms with E-state index in [1.807, 2.05) is 62.2 Å². The SMILES string of the molecule is Cc1nc(N[C@H](C)c2cccc(C(F)F)c2C)c2c(n1)C1(CCN(C)C1)C(=O)N(c1ccccc1)C2. The van der Waals surface area contributed by atoms with E-state index in [0.29, 0.717) is 36.7 Å². The molecule has 2 atom stereocenters. The number of hydrogen-bond donors (Lipinski definition) is 1. The number of benzene rings is 2. The third-order valence-corrected chi connectivity index (χ3v) is 7.54. The molecular formula is C28H31F2N5O. The van der Waals surface area contributed by atoms with Crippen LogP contribution >= 0.6 is 0 Å². The number of fused-ring (bicyclic) bond motifs is 2. The van der Waals surface area contributed by atoms with Crippen molar-refractivity contribution in [3.05, 3.63) is 82.3 Å². The van der Waals surface area contributed by atoms with Gasteiger partial charge in [-0.25, -0.2) is 18.7 Å². The minimum atomic E-state index is -2.53. The van der Waals surface area contributed by atoms with Gasteiger partial charge in [-0.1, -0.05) is 36.4 Å². The number of halogens is 2. The van der Waals surface area contributed by atoms with Crippen LogP contribution in [0, 0.1) is 13.8 Å². The fourth-order valence-corrected chi connectivity index (χ4v) is 5.70. The Kier molecular flexibility index (Phi) is 6.24. The van der Waals surface area contributed by atoms with Crippen LogP contribution < -0.4 is 10.2 Å². The second-order valence-electron chi connectivity index (χ2n) is 9.97. The van der Waals surface area contributed by atoms with Gasteiger partial charge in [0, 0.05) is 23.4 Å². The van der Waals surface area contributed by atoms with Crippen molar-refractivity contribution in [2.24, 2.45) is 0 Å². The summed E-state index contributed by atoms with van der Waals surface area (Å²) in [4.78, 5) is 27.6. The van der Waals surface area contributed by atoms with Gasteiger partial charge in [-0.05, 0) is 64.0 Å². The molecule has 1 amide bonds. The molecular weight excluding hydrogens is 460 g/mol. The summed E-state index contributed by atoms with van der Waals surface area (Å²) in [6, 6.07) is 14.4. The molecule has 1 spiro atoms. The average Bonchev–Trinajstić information content (AvgIpc) is 3.24. The number of nitrogens with zero attached hydrogens (tertiary/aromatic N) is 4. The molecule has 0 saturated carbocycles. The molecule has 8 heteroatoms. The summed E-state index contributed by atoms with van der Waals surface area (Å²) in [7, 11) is 2.03. The molecule has 188 valence electrons. The summed E-state index contributed by atoms with van der Waals surface area (Å²) >= 11 is 0. The molecule has 3 aromatic rings. The zero-order valence-electron chi connectivity index (χ0n) is 21.1. The van der Waals surface area contributed by atoms with Gasteiger partial charge in [0.2, 0.25) is 5.91 Å². The number of aryl methyl sites for hydroxylation is 1. The zero-order chi connectivity index (χ0) is 25.6. The lowest BCUT2D eigenvalue weighted by atomic mass is 9.76. The Hall–Kier alpha value is -3.39. The lowest BCUT2D eigenvalue weighted by Crippen LogP contribution is -2.53. The first-order valence-corrected chi connectivity index (χ1v) is 12.3. The molecule has 36 heavy (non-hydrogen) atoms. The smallest absolute Gasteiger partial charge is 0.264 e. The summed E-state index contributed by atoms with van der Waals surface area (Å²) in [5.74, 6) is 1.29. The van der Waals surface area contributed by atoms with E-state index in [-0.39, 0.29) is 17.5 Å². The number of alkyl halides is 2. The molecule has 1 saturated heterocycles. The van der Waals surface area contributed by atoms with E-state index >= 15 is 0 Å². The number of carbonyl (C=O) groups excluding carboxylic acids is 1. The maximum Gasteiger partial charge on any atom is 0.264 e. The van der Waals surface area contributed by atoms with E-state index in [1.165, 1.54) is 6.07 Å². The number of rotatable bonds is 5. The van der Waals surface area contributed by atoms with Gasteiger partial charge in [-0.3, -0.25) is 4.79 Å². The van der Waals surface area contributed by atoms with Crippen LogP contribution in [0.3, 0.4) is 0 Å². The molecule has 2 aromatic carbocycles. The zero-order valence-corrected chi connectivity index (χ0v) is 21.1. The Morgan fingerprint density at radius 3 is 2.42 bits per heavy atom. The number of likely N-dealkylation sites (tertiary alicyclic amines) is 1. The number of hydrogen-bond acceptors (Lipinski definition) is 5. The molecule has 3 heterocycles. The monoisotopic (exact) mass is 491 g/mol. The van der Waals surface area contributed by atoms with Gasteiger partial charge in [0.15, 0.2) is 0 Å². The summed E-state index contributed by atoms with van der Waals surface area (Å²) in [5, 5.41) is 3.49. The summed E-state index contributed by atoms with van der Waals surface area (Å²) in [6.45, 7) is 7.24. The van der Waals surface area contributed by atoms with Crippen LogP contribution in [0.4, 0.5) is 20.3 Å². The molecule has 0 bridgehead atoms. The van der Waals surface area contributed by atoms with Crippen LogP contribution in [0.15, 0.2) is 48.5 Å². The van der Waals surface area contributed by atoms with Crippen molar-refractivity contribution < 1.29 is 13.6 Å². The predicted octanol–water partition coefficient (Wildman–Crippen LogP) is 5.32. The molecule has 5 rings (SSSR count). The highest BCUT2D eigenvalue weighted by Crippen LogP contribution is 2.44. The van der Waals surface area contributed by atoms with Crippen LogP contribution in [0.5, 0.6) is 0 Å². The van der Waals surface area contributed by atoms with E-state index in [1.54, 1.807) is 13.0 Å². The molecule has 0 aliphatic carbocycles. The van der Waals surface area contributed by atoms with E-state index in [0.717, 1.165) is 29.1 Å². The van der Waals surface area contributed by atoms with E-state index in [9.17, 15) is 13.6 Å². The first-order valence-electron chi connectivity index (χ1n) is 12.3. The maximum atomic E-state index is 14.0. The standard InChI is InChI=1S/C28H31F2N5O/c1-17-21(11-8-12-22(17)25(29)30)18(2)31-26-23-15-35(20-9-6-5-7-10-20)27(36)28(13-14-34(4)16-28)24(23)32-19(3)33-26/h5-12,18,25H,13-16H2,1-4H3,(H,31,32,33)/t18-,28?/m1/s1. The number of aromatic nitrogens is 2. The number of nitrogens with one attached hydrogen (secondary N) is 1. The minimum absolute atomic E-state index is 0.0378. The van der Waals surface area contributed by atoms with Crippen LogP contribution in [0.2, 0.25) is 0 Å². The van der Waals surface area contributed by atoms with E-state index in [2.05, 4.69) is 10.2 Å². The normalized spacial score (nSPS) is 20.8. The molecule has 2 aliphatic rings. The second-order valence-corrected chi connectivity index (χ2v) is 9.97. The molecule has 1 aromatic heterocycles. The molecule has 6 nitrogen and oxygen atoms in total. The molecule has 2 aliphatic heterocycles. The second kappa shape index (κ2) is 9.24. The topological polar surface area (TPSA) is 61.4 Å². The summed E-state index contributed by atoms with van der Waals surface area (Å²) in [6.07, 6.45) is -1.85. The highest BCUT2D eigenvalue weighted by molar-refractivity contribution is 6.03. The third kappa shape index (κ3) is 4.03. The van der Waals surface area contributed by atoms with Gasteiger partial charge in [0.1, 0.15) is 17.1 Å². The van der Waals surface area contributed by atoms with Crippen LogP contribution in [0.25, 0.3) is 0 Å². The number of anilines is 2. The van der Waals surface area contributed by atoms with Gasteiger partial charge in [-0.15, -0.1) is 0 Å². The van der Waals surface area contributed by atoms with Gasteiger partial charge in [-0.2, -0.15) is 0 Å². The third-order valence-electron chi connectivity index (χ3n) is 7.54. The molecule has 1 fully saturated rings. The number of carbonyl (C=O) groups is 1. The summed E-state index contributed by atoms with van der Waals surface area (Å²) < 4.78 is 27.1. The lowest BCUT2D eigenvalue weighted by Gasteiger charge is -2.41. The maximum absolute atomic E-state index is 14.0. The van der Waals surface area contributed by atoms with Gasteiger partial charge in [0.05, 0.1) is 18.3 Å². The molecule has 1 N–H and O–H groups in total. The highest BCUT2D eigenvalue weighted by atomic mass is 19.3. The number of likely N-dealkylation sites (N-methyl/N-ethyl adjacent to an activating group) is 1. The van der Waals surface area contributed by atoms with Crippen LogP contribution in [-0.4, -0.2) is 40.9 Å². The first-order chi connectivity index (χ1) is 17.2. The quantitative estimate of drug-likeness (QED) is 0.523. The largest absolute Gasteiger partial charge is 0.363 e. The van der Waals surface area contributed by atoms with Crippen molar-refractivity contribution in [1.82, 2.24) is 14.9 Å². The fraction of sp³-hybridized carbons (Fsp3) is 0.393. The Balaban J connectivity index is 1.61. The van der Waals surface area contributed by atoms with E-state index in [4.69, 9.17) is 9.97 Å². The van der Waals surface area contributed by atoms with Crippen molar-refractivity contribution in [2.75, 3.05) is 30.4 Å². The van der Waals surface area contributed by atoms with E-state index < -0.39 is 11.8 Å². The lowest BCUT2D eigenvalue weighted by molar-refractivity contribution is -0.124. The molecule has 1 unspecified atom stereocenters. The van der Waals surface area contributed by atoms with Crippen molar-refractivity contribution >= 4 is 17.4 Å². The Bertz CT molecular complexity index is 1300. The van der Waals surface area contributed by atoms with Gasteiger partial charge in [0.25, 0.3) is 6.43 Å². The van der Waals surface area contributed by atoms with Crippen molar-refractivity contribution in [3.63, 3.8) is 0 Å². The minimum Gasteiger partial charge on any atom is -0.363 e. The Labute approximate surface area is 210 Å². The fourth-order valence-electron chi connectivity index (χ4n) is 5.70. The Morgan fingerprint density at radius 2 is 1.75 bits per heavy atom.